The highest BCUT2D eigenvalue weighted by Gasteiger charge is 2.34. The lowest BCUT2D eigenvalue weighted by atomic mass is 10.1. The first-order valence-electron chi connectivity index (χ1n) is 9.02. The fourth-order valence-electron chi connectivity index (χ4n) is 3.51. The monoisotopic (exact) mass is 436 g/mol. The number of carbonyl (C=O) groups is 1. The zero-order valence-electron chi connectivity index (χ0n) is 15.6. The average molecular weight is 437 g/mol. The van der Waals surface area contributed by atoms with Crippen molar-refractivity contribution in [3.05, 3.63) is 64.5 Å². The molecule has 0 saturated carbocycles. The molecule has 5 nitrogen and oxygen atoms in total. The lowest BCUT2D eigenvalue weighted by Gasteiger charge is -2.34. The van der Waals surface area contributed by atoms with E-state index in [1.807, 2.05) is 31.2 Å². The van der Waals surface area contributed by atoms with Crippen molar-refractivity contribution in [3.63, 3.8) is 0 Å². The van der Waals surface area contributed by atoms with E-state index in [0.29, 0.717) is 4.88 Å². The second-order valence-electron chi connectivity index (χ2n) is 6.80. The van der Waals surface area contributed by atoms with Crippen LogP contribution in [0.3, 0.4) is 0 Å². The summed E-state index contributed by atoms with van der Waals surface area (Å²) in [7, 11) is -4.32. The van der Waals surface area contributed by atoms with E-state index in [0.717, 1.165) is 38.2 Å². The number of fused-ring (bicyclic) bond motifs is 1. The summed E-state index contributed by atoms with van der Waals surface area (Å²) in [6.45, 7) is 2.16. The number of halogens is 2. The second kappa shape index (κ2) is 7.47. The van der Waals surface area contributed by atoms with Gasteiger partial charge in [-0.25, -0.2) is 17.2 Å². The molecule has 0 bridgehead atoms. The van der Waals surface area contributed by atoms with Gasteiger partial charge in [0.1, 0.15) is 11.6 Å². The maximum Gasteiger partial charge on any atom is 0.264 e. The van der Waals surface area contributed by atoms with Gasteiger partial charge >= 0.3 is 0 Å². The molecule has 29 heavy (non-hydrogen) atoms. The third-order valence-electron chi connectivity index (χ3n) is 5.08. The number of amides is 1. The van der Waals surface area contributed by atoms with Crippen molar-refractivity contribution >= 4 is 37.4 Å². The Morgan fingerprint density at radius 3 is 2.21 bits per heavy atom. The van der Waals surface area contributed by atoms with E-state index in [1.165, 1.54) is 11.3 Å². The van der Waals surface area contributed by atoms with Gasteiger partial charge in [-0.05, 0) is 36.1 Å². The number of benzene rings is 2. The summed E-state index contributed by atoms with van der Waals surface area (Å²) in [6.07, 6.45) is 0. The van der Waals surface area contributed by atoms with Crippen LogP contribution >= 0.6 is 11.3 Å². The molecule has 3 aromatic rings. The molecule has 2 aromatic carbocycles. The van der Waals surface area contributed by atoms with Crippen LogP contribution in [-0.2, 0) is 10.0 Å². The molecule has 0 radical (unpaired) electrons. The van der Waals surface area contributed by atoms with Crippen LogP contribution in [0, 0.1) is 18.6 Å². The predicted molar refractivity (Wildman–Crippen MR) is 108 cm³/mol. The van der Waals surface area contributed by atoms with Crippen LogP contribution in [0.15, 0.2) is 47.4 Å². The minimum absolute atomic E-state index is 0.0220. The molecule has 0 N–H and O–H groups in total. The molecule has 1 saturated heterocycles. The third-order valence-corrected chi connectivity index (χ3v) is 8.29. The quantitative estimate of drug-likeness (QED) is 0.630. The molecule has 1 amide bonds. The van der Waals surface area contributed by atoms with E-state index < -0.39 is 26.6 Å². The van der Waals surface area contributed by atoms with E-state index in [4.69, 9.17) is 0 Å². The van der Waals surface area contributed by atoms with Gasteiger partial charge in [0.25, 0.3) is 5.91 Å². The van der Waals surface area contributed by atoms with Crippen LogP contribution in [0.4, 0.5) is 8.78 Å². The number of sulfonamides is 1. The second-order valence-corrected chi connectivity index (χ2v) is 9.73. The molecular formula is C20H18F2N2O3S2. The smallest absolute Gasteiger partial charge is 0.264 e. The van der Waals surface area contributed by atoms with Crippen LogP contribution in [0.2, 0.25) is 0 Å². The first-order chi connectivity index (χ1) is 13.8. The molecule has 2 heterocycles. The maximum atomic E-state index is 14.0. The number of rotatable bonds is 3. The lowest BCUT2D eigenvalue weighted by Crippen LogP contribution is -2.50. The van der Waals surface area contributed by atoms with Crippen LogP contribution in [0.5, 0.6) is 0 Å². The Morgan fingerprint density at radius 1 is 0.966 bits per heavy atom. The van der Waals surface area contributed by atoms with E-state index in [2.05, 4.69) is 0 Å². The van der Waals surface area contributed by atoms with E-state index >= 15 is 0 Å². The Hall–Kier alpha value is -2.36. The number of nitrogens with zero attached hydrogens (tertiary/aromatic N) is 2. The number of hydrogen-bond donors (Lipinski definition) is 0. The molecular weight excluding hydrogens is 418 g/mol. The Balaban J connectivity index is 1.53. The lowest BCUT2D eigenvalue weighted by molar-refractivity contribution is 0.0702. The topological polar surface area (TPSA) is 57.7 Å². The average Bonchev–Trinajstić information content (AvgIpc) is 3.04. The van der Waals surface area contributed by atoms with Gasteiger partial charge in [-0.15, -0.1) is 11.3 Å². The normalized spacial score (nSPS) is 15.8. The number of thiophene rings is 1. The summed E-state index contributed by atoms with van der Waals surface area (Å²) in [6, 6.07) is 10.7. The predicted octanol–water partition coefficient (Wildman–Crippen LogP) is 3.63. The Labute approximate surface area is 171 Å². The zero-order valence-corrected chi connectivity index (χ0v) is 17.2. The number of carbonyl (C=O) groups excluding carboxylic acids is 1. The summed E-state index contributed by atoms with van der Waals surface area (Å²) in [5, 5.41) is 1.03. The molecule has 0 unspecified atom stereocenters. The van der Waals surface area contributed by atoms with Crippen molar-refractivity contribution in [1.29, 1.82) is 0 Å². The molecule has 0 spiro atoms. The van der Waals surface area contributed by atoms with Gasteiger partial charge in [-0.3, -0.25) is 4.79 Å². The van der Waals surface area contributed by atoms with E-state index in [-0.39, 0.29) is 32.1 Å². The molecule has 152 valence electrons. The van der Waals surface area contributed by atoms with Crippen molar-refractivity contribution in [2.75, 3.05) is 26.2 Å². The number of piperazine rings is 1. The summed E-state index contributed by atoms with van der Waals surface area (Å²) < 4.78 is 55.4. The highest BCUT2D eigenvalue weighted by molar-refractivity contribution is 7.89. The number of hydrogen-bond acceptors (Lipinski definition) is 4. The summed E-state index contributed by atoms with van der Waals surface area (Å²) in [4.78, 5) is 14.2. The van der Waals surface area contributed by atoms with E-state index in [1.54, 1.807) is 4.90 Å². The molecule has 9 heteroatoms. The first kappa shape index (κ1) is 19.9. The van der Waals surface area contributed by atoms with Gasteiger partial charge in [-0.2, -0.15) is 4.31 Å². The van der Waals surface area contributed by atoms with Crippen molar-refractivity contribution in [1.82, 2.24) is 9.21 Å². The SMILES string of the molecule is Cc1c(C(=O)N2CCN(S(=O)(=O)c3c(F)cccc3F)CC2)sc2ccccc12. The summed E-state index contributed by atoms with van der Waals surface area (Å²) in [5.74, 6) is -2.40. The fraction of sp³-hybridized carbons (Fsp3) is 0.250. The highest BCUT2D eigenvalue weighted by atomic mass is 32.2. The molecule has 1 aliphatic heterocycles. The molecule has 1 aromatic heterocycles. The van der Waals surface area contributed by atoms with Gasteiger partial charge in [0, 0.05) is 30.9 Å². The highest BCUT2D eigenvalue weighted by Crippen LogP contribution is 2.32. The van der Waals surface area contributed by atoms with Gasteiger partial charge in [0.2, 0.25) is 10.0 Å². The minimum atomic E-state index is -4.32. The third kappa shape index (κ3) is 3.43. The van der Waals surface area contributed by atoms with Crippen LogP contribution in [0.25, 0.3) is 10.1 Å². The van der Waals surface area contributed by atoms with Crippen molar-refractivity contribution in [3.8, 4) is 0 Å². The summed E-state index contributed by atoms with van der Waals surface area (Å²) >= 11 is 1.41. The molecule has 4 rings (SSSR count). The Kier molecular flexibility index (Phi) is 5.14. The minimum Gasteiger partial charge on any atom is -0.335 e. The standard InChI is InChI=1S/C20H18F2N2O3S2/c1-13-14-5-2-3-8-17(14)28-18(13)20(25)23-9-11-24(12-10-23)29(26,27)19-15(21)6-4-7-16(19)22/h2-8H,9-12H2,1H3. The Morgan fingerprint density at radius 2 is 1.59 bits per heavy atom. The summed E-state index contributed by atoms with van der Waals surface area (Å²) in [5.41, 5.74) is 0.902. The van der Waals surface area contributed by atoms with Gasteiger partial charge < -0.3 is 4.90 Å². The molecule has 1 fully saturated rings. The van der Waals surface area contributed by atoms with Gasteiger partial charge in [0.05, 0.1) is 4.88 Å². The fourth-order valence-corrected chi connectivity index (χ4v) is 6.22. The van der Waals surface area contributed by atoms with Crippen molar-refractivity contribution < 1.29 is 22.0 Å². The van der Waals surface area contributed by atoms with Crippen LogP contribution < -0.4 is 0 Å². The first-order valence-corrected chi connectivity index (χ1v) is 11.3. The Bertz CT molecular complexity index is 1180. The maximum absolute atomic E-state index is 14.0. The molecule has 0 atom stereocenters. The van der Waals surface area contributed by atoms with E-state index in [9.17, 15) is 22.0 Å². The number of aryl methyl sites for hydroxylation is 1. The molecule has 1 aliphatic rings. The van der Waals surface area contributed by atoms with Crippen molar-refractivity contribution in [2.24, 2.45) is 0 Å². The van der Waals surface area contributed by atoms with Crippen molar-refractivity contribution in [2.45, 2.75) is 11.8 Å². The van der Waals surface area contributed by atoms with Crippen LogP contribution in [0.1, 0.15) is 15.2 Å². The largest absolute Gasteiger partial charge is 0.335 e. The van der Waals surface area contributed by atoms with Gasteiger partial charge in [-0.1, -0.05) is 24.3 Å². The molecule has 0 aliphatic carbocycles. The zero-order chi connectivity index (χ0) is 20.8. The van der Waals surface area contributed by atoms with Gasteiger partial charge in [0.15, 0.2) is 4.90 Å². The van der Waals surface area contributed by atoms with Crippen LogP contribution in [-0.4, -0.2) is 49.7 Å².